The zero-order valence-corrected chi connectivity index (χ0v) is 11.7. The zero-order valence-electron chi connectivity index (χ0n) is 11.7. The van der Waals surface area contributed by atoms with Gasteiger partial charge in [0.15, 0.2) is 6.10 Å². The Morgan fingerprint density at radius 2 is 1.94 bits per heavy atom. The van der Waals surface area contributed by atoms with E-state index in [1.165, 1.54) is 18.3 Å². The molecule has 104 valence electrons. The molecule has 4 heteroatoms. The molecule has 0 amide bonds. The van der Waals surface area contributed by atoms with Gasteiger partial charge in [-0.3, -0.25) is 0 Å². The first kappa shape index (κ1) is 16.9. The monoisotopic (exact) mass is 256 g/mol. The maximum absolute atomic E-state index is 11.1. The van der Waals surface area contributed by atoms with Crippen molar-refractivity contribution in [3.63, 3.8) is 0 Å². The van der Waals surface area contributed by atoms with Crippen LogP contribution in [0.25, 0.3) is 0 Å². The number of methoxy groups -OCH3 is 1. The smallest absolute Gasteiger partial charge is 0.337 e. The molecule has 0 aliphatic carbocycles. The van der Waals surface area contributed by atoms with Gasteiger partial charge in [-0.1, -0.05) is 23.3 Å². The van der Waals surface area contributed by atoms with Crippen molar-refractivity contribution in [2.45, 2.75) is 39.7 Å². The van der Waals surface area contributed by atoms with Crippen molar-refractivity contribution >= 4 is 5.97 Å². The van der Waals surface area contributed by atoms with E-state index in [1.54, 1.807) is 0 Å². The Morgan fingerprint density at radius 3 is 2.44 bits per heavy atom. The molecular weight excluding hydrogens is 232 g/mol. The van der Waals surface area contributed by atoms with Crippen LogP contribution in [-0.2, 0) is 14.3 Å². The Bertz CT molecular complexity index is 301. The summed E-state index contributed by atoms with van der Waals surface area (Å²) >= 11 is 0. The average molecular weight is 256 g/mol. The molecule has 1 N–H and O–H groups in total. The van der Waals surface area contributed by atoms with Gasteiger partial charge >= 0.3 is 5.97 Å². The number of allylic oxidation sites excluding steroid dienone is 3. The van der Waals surface area contributed by atoms with Gasteiger partial charge in [0, 0.05) is 0 Å². The minimum Gasteiger partial charge on any atom is -0.467 e. The lowest BCUT2D eigenvalue weighted by atomic mass is 10.1. The molecule has 0 aliphatic rings. The first-order chi connectivity index (χ1) is 8.51. The number of aliphatic hydroxyl groups is 1. The molecule has 1 unspecified atom stereocenters. The number of aliphatic hydroxyl groups excluding tert-OH is 1. The lowest BCUT2D eigenvalue weighted by Gasteiger charge is -2.11. The quantitative estimate of drug-likeness (QED) is 0.534. The second-order valence-corrected chi connectivity index (χ2v) is 4.40. The summed E-state index contributed by atoms with van der Waals surface area (Å²) in [6.07, 6.45) is 5.19. The molecule has 0 rings (SSSR count). The third-order valence-electron chi connectivity index (χ3n) is 2.45. The van der Waals surface area contributed by atoms with Crippen LogP contribution in [0, 0.1) is 0 Å². The van der Waals surface area contributed by atoms with E-state index in [0.29, 0.717) is 6.61 Å². The first-order valence-corrected chi connectivity index (χ1v) is 6.10. The van der Waals surface area contributed by atoms with E-state index in [4.69, 9.17) is 9.84 Å². The van der Waals surface area contributed by atoms with Crippen LogP contribution >= 0.6 is 0 Å². The molecule has 0 fully saturated rings. The summed E-state index contributed by atoms with van der Waals surface area (Å²) in [5.41, 5.74) is 2.51. The van der Waals surface area contributed by atoms with E-state index in [1.807, 2.05) is 13.0 Å². The van der Waals surface area contributed by atoms with Crippen molar-refractivity contribution in [3.05, 3.63) is 23.3 Å². The number of hydrogen-bond donors (Lipinski definition) is 1. The molecule has 0 heterocycles. The van der Waals surface area contributed by atoms with Gasteiger partial charge < -0.3 is 14.6 Å². The Hall–Kier alpha value is -1.13. The summed E-state index contributed by atoms with van der Waals surface area (Å²) < 4.78 is 9.73. The van der Waals surface area contributed by atoms with Gasteiger partial charge in [-0.15, -0.1) is 0 Å². The van der Waals surface area contributed by atoms with Crippen LogP contribution in [0.5, 0.6) is 0 Å². The number of carbonyl (C=O) groups is 1. The molecule has 0 saturated heterocycles. The number of esters is 1. The van der Waals surface area contributed by atoms with Gasteiger partial charge in [0.25, 0.3) is 0 Å². The topological polar surface area (TPSA) is 55.8 Å². The van der Waals surface area contributed by atoms with E-state index < -0.39 is 12.1 Å². The lowest BCUT2D eigenvalue weighted by Crippen LogP contribution is -2.29. The number of ether oxygens (including phenoxy) is 2. The SMILES string of the molecule is COC(=O)C(CO)OC/C=C(/C)CCC=C(C)C. The normalized spacial score (nSPS) is 13.1. The van der Waals surface area contributed by atoms with Crippen LogP contribution in [0.2, 0.25) is 0 Å². The predicted molar refractivity (Wildman–Crippen MR) is 71.3 cm³/mol. The van der Waals surface area contributed by atoms with E-state index in [0.717, 1.165) is 12.8 Å². The van der Waals surface area contributed by atoms with E-state index in [9.17, 15) is 4.79 Å². The van der Waals surface area contributed by atoms with Crippen LogP contribution in [0.1, 0.15) is 33.6 Å². The van der Waals surface area contributed by atoms with Crippen molar-refractivity contribution in [1.29, 1.82) is 0 Å². The number of rotatable bonds is 8. The van der Waals surface area contributed by atoms with Crippen molar-refractivity contribution in [3.8, 4) is 0 Å². The van der Waals surface area contributed by atoms with Gasteiger partial charge in [-0.25, -0.2) is 4.79 Å². The lowest BCUT2D eigenvalue weighted by molar-refractivity contribution is -0.155. The molecule has 0 aromatic rings. The summed E-state index contributed by atoms with van der Waals surface area (Å²) in [6, 6.07) is 0. The van der Waals surface area contributed by atoms with Crippen molar-refractivity contribution in [1.82, 2.24) is 0 Å². The van der Waals surface area contributed by atoms with Gasteiger partial charge in [-0.2, -0.15) is 0 Å². The number of hydrogen-bond acceptors (Lipinski definition) is 4. The molecule has 0 aliphatic heterocycles. The third kappa shape index (κ3) is 8.03. The fourth-order valence-corrected chi connectivity index (χ4v) is 1.32. The van der Waals surface area contributed by atoms with Crippen molar-refractivity contribution in [2.24, 2.45) is 0 Å². The highest BCUT2D eigenvalue weighted by atomic mass is 16.6. The molecule has 0 aromatic carbocycles. The fraction of sp³-hybridized carbons (Fsp3) is 0.643. The zero-order chi connectivity index (χ0) is 14.0. The highest BCUT2D eigenvalue weighted by molar-refractivity contribution is 5.74. The van der Waals surface area contributed by atoms with Gasteiger partial charge in [0.05, 0.1) is 20.3 Å². The molecule has 0 bridgehead atoms. The largest absolute Gasteiger partial charge is 0.467 e. The molecule has 18 heavy (non-hydrogen) atoms. The maximum atomic E-state index is 11.1. The second kappa shape index (κ2) is 9.85. The summed E-state index contributed by atoms with van der Waals surface area (Å²) in [5.74, 6) is -0.548. The fourth-order valence-electron chi connectivity index (χ4n) is 1.32. The van der Waals surface area contributed by atoms with Crippen LogP contribution in [0.4, 0.5) is 0 Å². The highest BCUT2D eigenvalue weighted by Crippen LogP contribution is 2.07. The van der Waals surface area contributed by atoms with E-state index in [-0.39, 0.29) is 6.61 Å². The summed E-state index contributed by atoms with van der Waals surface area (Å²) in [7, 11) is 1.27. The minimum absolute atomic E-state index is 0.307. The maximum Gasteiger partial charge on any atom is 0.337 e. The van der Waals surface area contributed by atoms with Crippen molar-refractivity contribution < 1.29 is 19.4 Å². The summed E-state index contributed by atoms with van der Waals surface area (Å²) in [6.45, 7) is 6.11. The Labute approximate surface area is 109 Å². The summed E-state index contributed by atoms with van der Waals surface area (Å²) in [5, 5.41) is 8.94. The Kier molecular flexibility index (Phi) is 9.24. The van der Waals surface area contributed by atoms with Crippen LogP contribution in [-0.4, -0.2) is 37.5 Å². The van der Waals surface area contributed by atoms with Crippen LogP contribution in [0.3, 0.4) is 0 Å². The molecule has 0 aromatic heterocycles. The van der Waals surface area contributed by atoms with E-state index in [2.05, 4.69) is 24.7 Å². The molecule has 0 saturated carbocycles. The summed E-state index contributed by atoms with van der Waals surface area (Å²) in [4.78, 5) is 11.1. The third-order valence-corrected chi connectivity index (χ3v) is 2.45. The molecule has 1 atom stereocenters. The number of carbonyl (C=O) groups excluding carboxylic acids is 1. The molecular formula is C14H24O4. The average Bonchev–Trinajstić information content (AvgIpc) is 2.33. The van der Waals surface area contributed by atoms with Gasteiger partial charge in [0.2, 0.25) is 0 Å². The van der Waals surface area contributed by atoms with Gasteiger partial charge in [-0.05, 0) is 33.6 Å². The standard InChI is InChI=1S/C14H24O4/c1-11(2)6-5-7-12(3)8-9-18-13(10-15)14(16)17-4/h6,8,13,15H,5,7,9-10H2,1-4H3/b12-8-. The minimum atomic E-state index is -0.892. The molecule has 4 nitrogen and oxygen atoms in total. The highest BCUT2D eigenvalue weighted by Gasteiger charge is 2.17. The molecule has 0 radical (unpaired) electrons. The molecule has 0 spiro atoms. The van der Waals surface area contributed by atoms with Crippen LogP contribution in [0.15, 0.2) is 23.3 Å². The second-order valence-electron chi connectivity index (χ2n) is 4.40. The Balaban J connectivity index is 3.98. The van der Waals surface area contributed by atoms with Crippen LogP contribution < -0.4 is 0 Å². The van der Waals surface area contributed by atoms with Crippen molar-refractivity contribution in [2.75, 3.05) is 20.3 Å². The van der Waals surface area contributed by atoms with Gasteiger partial charge in [0.1, 0.15) is 0 Å². The predicted octanol–water partition coefficient (Wildman–Crippen LogP) is 2.23. The first-order valence-electron chi connectivity index (χ1n) is 6.10. The van der Waals surface area contributed by atoms with E-state index >= 15 is 0 Å². The Morgan fingerprint density at radius 1 is 1.28 bits per heavy atom.